The smallest absolute Gasteiger partial charge is 0.240 e. The van der Waals surface area contributed by atoms with Crippen LogP contribution in [0.1, 0.15) is 29.9 Å². The summed E-state index contributed by atoms with van der Waals surface area (Å²) >= 11 is 1.67. The lowest BCUT2D eigenvalue weighted by Crippen LogP contribution is -2.35. The quantitative estimate of drug-likeness (QED) is 0.798. The molecule has 0 bridgehead atoms. The lowest BCUT2D eigenvalue weighted by molar-refractivity contribution is 0.170. The molecule has 1 atom stereocenters. The molecule has 0 N–H and O–H groups in total. The Labute approximate surface area is 134 Å². The van der Waals surface area contributed by atoms with Crippen LogP contribution >= 0.6 is 11.3 Å². The van der Waals surface area contributed by atoms with E-state index in [4.69, 9.17) is 4.52 Å². The maximum Gasteiger partial charge on any atom is 0.240 e. The summed E-state index contributed by atoms with van der Waals surface area (Å²) < 4.78 is 28.8. The molecule has 0 aromatic carbocycles. The van der Waals surface area contributed by atoms with Crippen molar-refractivity contribution in [3.63, 3.8) is 0 Å². The van der Waals surface area contributed by atoms with Gasteiger partial charge in [-0.25, -0.2) is 8.42 Å². The highest BCUT2D eigenvalue weighted by Crippen LogP contribution is 2.23. The largest absolute Gasteiger partial charge is 0.338 e. The molecule has 0 unspecified atom stereocenters. The second kappa shape index (κ2) is 6.47. The molecule has 1 aliphatic rings. The molecule has 3 heterocycles. The number of rotatable bonds is 6. The zero-order chi connectivity index (χ0) is 15.6. The molecule has 0 saturated carbocycles. The molecule has 1 fully saturated rings. The first-order chi connectivity index (χ1) is 10.6. The minimum Gasteiger partial charge on any atom is -0.338 e. The van der Waals surface area contributed by atoms with Gasteiger partial charge in [-0.1, -0.05) is 18.1 Å². The van der Waals surface area contributed by atoms with Crippen LogP contribution in [-0.2, 0) is 29.3 Å². The van der Waals surface area contributed by atoms with E-state index in [1.807, 2.05) is 18.4 Å². The van der Waals surface area contributed by atoms with E-state index in [9.17, 15) is 8.42 Å². The van der Waals surface area contributed by atoms with Gasteiger partial charge in [-0.15, -0.1) is 11.3 Å². The Hall–Kier alpha value is -1.25. The maximum absolute atomic E-state index is 11.8. The number of hydrogen-bond donors (Lipinski definition) is 0. The number of sulfone groups is 1. The van der Waals surface area contributed by atoms with Crippen LogP contribution in [-0.4, -0.2) is 41.0 Å². The molecule has 0 radical (unpaired) electrons. The summed E-state index contributed by atoms with van der Waals surface area (Å²) in [5.41, 5.74) is 0. The molecule has 2 aromatic heterocycles. The van der Waals surface area contributed by atoms with Crippen molar-refractivity contribution in [2.75, 3.05) is 11.5 Å². The predicted molar refractivity (Wildman–Crippen MR) is 84.3 cm³/mol. The predicted octanol–water partition coefficient (Wildman–Crippen LogP) is 1.88. The van der Waals surface area contributed by atoms with Crippen LogP contribution in [0.15, 0.2) is 22.0 Å². The number of hydrogen-bond acceptors (Lipinski definition) is 7. The average molecular weight is 341 g/mol. The maximum atomic E-state index is 11.8. The summed E-state index contributed by atoms with van der Waals surface area (Å²) in [7, 11) is -2.92. The molecule has 1 aliphatic heterocycles. The molecule has 120 valence electrons. The van der Waals surface area contributed by atoms with Gasteiger partial charge in [0.1, 0.15) is 0 Å². The minimum absolute atomic E-state index is 0.0177. The normalized spacial score (nSPS) is 20.7. The van der Waals surface area contributed by atoms with Crippen LogP contribution in [0.5, 0.6) is 0 Å². The molecule has 3 rings (SSSR count). The van der Waals surface area contributed by atoms with E-state index in [2.05, 4.69) is 21.1 Å². The van der Waals surface area contributed by atoms with Crippen molar-refractivity contribution in [3.8, 4) is 0 Å². The molecular formula is C14H19N3O3S2. The second-order valence-corrected chi connectivity index (χ2v) is 8.76. The SMILES string of the molecule is CCc1noc(CN(Cc2cccs2)[C@@H]2CCS(=O)(=O)C2)n1. The van der Waals surface area contributed by atoms with Crippen molar-refractivity contribution in [2.45, 2.75) is 38.9 Å². The first kappa shape index (κ1) is 15.6. The van der Waals surface area contributed by atoms with Crippen molar-refractivity contribution in [2.24, 2.45) is 0 Å². The van der Waals surface area contributed by atoms with Gasteiger partial charge in [-0.3, -0.25) is 4.90 Å². The van der Waals surface area contributed by atoms with Crippen molar-refractivity contribution >= 4 is 21.2 Å². The Bertz CT molecular complexity index is 710. The third-order valence-electron chi connectivity index (χ3n) is 3.83. The van der Waals surface area contributed by atoms with E-state index >= 15 is 0 Å². The molecule has 2 aromatic rings. The molecule has 1 saturated heterocycles. The molecule has 8 heteroatoms. The van der Waals surface area contributed by atoms with Crippen LogP contribution in [0.4, 0.5) is 0 Å². The standard InChI is InChI=1S/C14H19N3O3S2/c1-2-13-15-14(20-16-13)9-17(8-12-4-3-6-21-12)11-5-7-22(18,19)10-11/h3-4,6,11H,2,5,7-10H2,1H3/t11-/m1/s1. The molecule has 0 aliphatic carbocycles. The highest BCUT2D eigenvalue weighted by atomic mass is 32.2. The zero-order valence-electron chi connectivity index (χ0n) is 12.4. The van der Waals surface area contributed by atoms with Gasteiger partial charge in [0.2, 0.25) is 5.89 Å². The summed E-state index contributed by atoms with van der Waals surface area (Å²) in [5, 5.41) is 5.94. The fourth-order valence-corrected chi connectivity index (χ4v) is 5.14. The highest BCUT2D eigenvalue weighted by molar-refractivity contribution is 7.91. The van der Waals surface area contributed by atoms with E-state index in [1.165, 1.54) is 4.88 Å². The van der Waals surface area contributed by atoms with Gasteiger partial charge in [0.15, 0.2) is 15.7 Å². The average Bonchev–Trinajstić information content (AvgIpc) is 3.19. The van der Waals surface area contributed by atoms with Gasteiger partial charge in [0.25, 0.3) is 0 Å². The Morgan fingerprint density at radius 2 is 2.32 bits per heavy atom. The van der Waals surface area contributed by atoms with Crippen molar-refractivity contribution in [1.82, 2.24) is 15.0 Å². The summed E-state index contributed by atoms with van der Waals surface area (Å²) in [4.78, 5) is 7.69. The van der Waals surface area contributed by atoms with Crippen LogP contribution in [0.25, 0.3) is 0 Å². The van der Waals surface area contributed by atoms with Crippen LogP contribution < -0.4 is 0 Å². The van der Waals surface area contributed by atoms with E-state index in [0.717, 1.165) is 6.42 Å². The fourth-order valence-electron chi connectivity index (χ4n) is 2.65. The zero-order valence-corrected chi connectivity index (χ0v) is 14.1. The molecule has 0 amide bonds. The van der Waals surface area contributed by atoms with Gasteiger partial charge in [0.05, 0.1) is 18.1 Å². The van der Waals surface area contributed by atoms with E-state index in [1.54, 1.807) is 11.3 Å². The first-order valence-corrected chi connectivity index (χ1v) is 10.0. The molecule has 0 spiro atoms. The third kappa shape index (κ3) is 3.74. The van der Waals surface area contributed by atoms with E-state index < -0.39 is 9.84 Å². The second-order valence-electron chi connectivity index (χ2n) is 5.50. The molecule has 6 nitrogen and oxygen atoms in total. The summed E-state index contributed by atoms with van der Waals surface area (Å²) in [6, 6.07) is 4.08. The lowest BCUT2D eigenvalue weighted by atomic mass is 10.2. The van der Waals surface area contributed by atoms with Crippen LogP contribution in [0.3, 0.4) is 0 Å². The number of nitrogens with zero attached hydrogens (tertiary/aromatic N) is 3. The van der Waals surface area contributed by atoms with Gasteiger partial charge < -0.3 is 4.52 Å². The molecule has 22 heavy (non-hydrogen) atoms. The highest BCUT2D eigenvalue weighted by Gasteiger charge is 2.33. The van der Waals surface area contributed by atoms with Crippen molar-refractivity contribution in [3.05, 3.63) is 34.1 Å². The summed E-state index contributed by atoms with van der Waals surface area (Å²) in [6.45, 7) is 3.17. The molecular weight excluding hydrogens is 322 g/mol. The Morgan fingerprint density at radius 3 is 2.91 bits per heavy atom. The Kier molecular flexibility index (Phi) is 4.60. The van der Waals surface area contributed by atoms with Gasteiger partial charge >= 0.3 is 0 Å². The lowest BCUT2D eigenvalue weighted by Gasteiger charge is -2.25. The van der Waals surface area contributed by atoms with Crippen LogP contribution in [0, 0.1) is 0 Å². The van der Waals surface area contributed by atoms with Crippen molar-refractivity contribution < 1.29 is 12.9 Å². The van der Waals surface area contributed by atoms with E-state index in [-0.39, 0.29) is 17.5 Å². The third-order valence-corrected chi connectivity index (χ3v) is 6.44. The van der Waals surface area contributed by atoms with Gasteiger partial charge in [-0.05, 0) is 17.9 Å². The number of aryl methyl sites for hydroxylation is 1. The summed E-state index contributed by atoms with van der Waals surface area (Å²) in [5.74, 6) is 1.72. The van der Waals surface area contributed by atoms with Gasteiger partial charge in [0, 0.05) is 23.9 Å². The van der Waals surface area contributed by atoms with Crippen molar-refractivity contribution in [1.29, 1.82) is 0 Å². The van der Waals surface area contributed by atoms with E-state index in [0.29, 0.717) is 31.2 Å². The first-order valence-electron chi connectivity index (χ1n) is 7.34. The minimum atomic E-state index is -2.92. The topological polar surface area (TPSA) is 76.3 Å². The Morgan fingerprint density at radius 1 is 1.45 bits per heavy atom. The van der Waals surface area contributed by atoms with Gasteiger partial charge in [-0.2, -0.15) is 4.98 Å². The number of thiophene rings is 1. The fraction of sp³-hybridized carbons (Fsp3) is 0.571. The summed E-state index contributed by atoms with van der Waals surface area (Å²) in [6.07, 6.45) is 1.40. The van der Waals surface area contributed by atoms with Crippen LogP contribution in [0.2, 0.25) is 0 Å². The number of aromatic nitrogens is 2. The monoisotopic (exact) mass is 341 g/mol. The Balaban J connectivity index is 1.76.